The number of halogens is 2. The van der Waals surface area contributed by atoms with Crippen LogP contribution in [0, 0.1) is 17.1 Å². The Morgan fingerprint density at radius 1 is 1.17 bits per heavy atom. The van der Waals surface area contributed by atoms with E-state index in [1.165, 1.54) is 12.1 Å². The molecular weight excluding hydrogens is 251 g/mol. The Morgan fingerprint density at radius 2 is 1.89 bits per heavy atom. The summed E-state index contributed by atoms with van der Waals surface area (Å²) in [5.74, 6) is -0.515. The summed E-state index contributed by atoms with van der Waals surface area (Å²) in [6.07, 6.45) is 0. The molecule has 90 valence electrons. The maximum absolute atomic E-state index is 13.3. The first-order valence-corrected chi connectivity index (χ1v) is 5.75. The van der Waals surface area contributed by atoms with E-state index in [2.05, 4.69) is 5.32 Å². The van der Waals surface area contributed by atoms with Gasteiger partial charge in [0.1, 0.15) is 11.9 Å². The molecule has 0 saturated carbocycles. The fraction of sp³-hybridized carbons (Fsp3) is 0.0714. The van der Waals surface area contributed by atoms with Gasteiger partial charge in [0.05, 0.1) is 5.56 Å². The van der Waals surface area contributed by atoms with Crippen LogP contribution in [0.5, 0.6) is 0 Å². The minimum Gasteiger partial charge on any atom is -0.381 e. The van der Waals surface area contributed by atoms with Crippen LogP contribution in [0.25, 0.3) is 0 Å². The van der Waals surface area contributed by atoms with E-state index >= 15 is 0 Å². The molecule has 2 rings (SSSR count). The van der Waals surface area contributed by atoms with Crippen molar-refractivity contribution in [3.63, 3.8) is 0 Å². The molecule has 1 N–H and O–H groups in total. The van der Waals surface area contributed by atoms with E-state index in [0.717, 1.165) is 5.56 Å². The summed E-state index contributed by atoms with van der Waals surface area (Å²) in [4.78, 5) is 0. The third-order valence-corrected chi connectivity index (χ3v) is 2.75. The molecule has 0 atom stereocenters. The van der Waals surface area contributed by atoms with Crippen molar-refractivity contribution in [3.05, 3.63) is 64.4 Å². The van der Waals surface area contributed by atoms with E-state index in [9.17, 15) is 4.39 Å². The van der Waals surface area contributed by atoms with Gasteiger partial charge in [-0.05, 0) is 35.9 Å². The van der Waals surface area contributed by atoms with Crippen LogP contribution in [-0.2, 0) is 6.54 Å². The second-order valence-corrected chi connectivity index (χ2v) is 4.22. The zero-order valence-electron chi connectivity index (χ0n) is 9.45. The Balaban J connectivity index is 2.04. The van der Waals surface area contributed by atoms with Crippen molar-refractivity contribution >= 4 is 17.3 Å². The van der Waals surface area contributed by atoms with Gasteiger partial charge in [0.15, 0.2) is 0 Å². The molecule has 0 fully saturated rings. The minimum absolute atomic E-state index is 0.0482. The van der Waals surface area contributed by atoms with Gasteiger partial charge in [0, 0.05) is 17.3 Å². The molecular formula is C14H10ClFN2. The zero-order valence-corrected chi connectivity index (χ0v) is 10.2. The van der Waals surface area contributed by atoms with Gasteiger partial charge in [0.25, 0.3) is 0 Å². The van der Waals surface area contributed by atoms with Crippen LogP contribution in [0.3, 0.4) is 0 Å². The third kappa shape index (κ3) is 2.99. The van der Waals surface area contributed by atoms with Crippen LogP contribution < -0.4 is 5.32 Å². The van der Waals surface area contributed by atoms with Gasteiger partial charge in [-0.3, -0.25) is 0 Å². The van der Waals surface area contributed by atoms with Gasteiger partial charge in [-0.25, -0.2) is 4.39 Å². The molecule has 0 aliphatic rings. The Morgan fingerprint density at radius 3 is 2.50 bits per heavy atom. The Hall–Kier alpha value is -2.05. The van der Waals surface area contributed by atoms with E-state index < -0.39 is 5.82 Å². The average molecular weight is 261 g/mol. The highest BCUT2D eigenvalue weighted by atomic mass is 35.5. The van der Waals surface area contributed by atoms with Gasteiger partial charge in [0.2, 0.25) is 0 Å². The van der Waals surface area contributed by atoms with E-state index in [-0.39, 0.29) is 5.56 Å². The fourth-order valence-corrected chi connectivity index (χ4v) is 1.65. The Kier molecular flexibility index (Phi) is 3.81. The second kappa shape index (κ2) is 5.52. The number of hydrogen-bond donors (Lipinski definition) is 1. The number of nitriles is 1. The second-order valence-electron chi connectivity index (χ2n) is 3.79. The largest absolute Gasteiger partial charge is 0.381 e. The molecule has 0 unspecified atom stereocenters. The first-order valence-electron chi connectivity index (χ1n) is 5.37. The maximum atomic E-state index is 13.3. The van der Waals surface area contributed by atoms with Crippen molar-refractivity contribution in [2.24, 2.45) is 0 Å². The summed E-state index contributed by atoms with van der Waals surface area (Å²) in [6, 6.07) is 13.6. The maximum Gasteiger partial charge on any atom is 0.143 e. The van der Waals surface area contributed by atoms with E-state index in [1.54, 1.807) is 24.3 Å². The number of anilines is 1. The van der Waals surface area contributed by atoms with Crippen LogP contribution in [0.15, 0.2) is 42.5 Å². The van der Waals surface area contributed by atoms with Gasteiger partial charge in [-0.15, -0.1) is 0 Å². The third-order valence-electron chi connectivity index (χ3n) is 2.50. The Bertz CT molecular complexity index is 588. The topological polar surface area (TPSA) is 35.8 Å². The summed E-state index contributed by atoms with van der Waals surface area (Å²) in [7, 11) is 0. The molecule has 0 amide bonds. The van der Waals surface area contributed by atoms with Crippen molar-refractivity contribution in [2.75, 3.05) is 5.32 Å². The number of hydrogen-bond acceptors (Lipinski definition) is 2. The van der Waals surface area contributed by atoms with Gasteiger partial charge >= 0.3 is 0 Å². The number of nitrogens with one attached hydrogen (secondary N) is 1. The lowest BCUT2D eigenvalue weighted by molar-refractivity contribution is 0.624. The molecule has 0 aromatic heterocycles. The summed E-state index contributed by atoms with van der Waals surface area (Å²) < 4.78 is 13.3. The molecule has 0 heterocycles. The molecule has 0 bridgehead atoms. The summed E-state index contributed by atoms with van der Waals surface area (Å²) >= 11 is 5.78. The number of rotatable bonds is 3. The number of benzene rings is 2. The van der Waals surface area contributed by atoms with Crippen molar-refractivity contribution in [1.29, 1.82) is 5.26 Å². The first-order chi connectivity index (χ1) is 8.69. The highest BCUT2D eigenvalue weighted by Gasteiger charge is 2.02. The molecule has 0 aliphatic heterocycles. The van der Waals surface area contributed by atoms with E-state index in [0.29, 0.717) is 17.3 Å². The molecule has 0 saturated heterocycles. The van der Waals surface area contributed by atoms with Gasteiger partial charge in [-0.2, -0.15) is 5.26 Å². The SMILES string of the molecule is N#Cc1ccc(NCc2ccc(Cl)cc2)cc1F. The molecule has 4 heteroatoms. The van der Waals surface area contributed by atoms with Crippen LogP contribution in [-0.4, -0.2) is 0 Å². The predicted octanol–water partition coefficient (Wildman–Crippen LogP) is 3.96. The van der Waals surface area contributed by atoms with Crippen LogP contribution >= 0.6 is 11.6 Å². The van der Waals surface area contributed by atoms with Crippen LogP contribution in [0.2, 0.25) is 5.02 Å². The molecule has 2 nitrogen and oxygen atoms in total. The highest BCUT2D eigenvalue weighted by Crippen LogP contribution is 2.15. The molecule has 2 aromatic rings. The van der Waals surface area contributed by atoms with Crippen molar-refractivity contribution < 1.29 is 4.39 Å². The van der Waals surface area contributed by atoms with Crippen molar-refractivity contribution in [2.45, 2.75) is 6.54 Å². The lowest BCUT2D eigenvalue weighted by Gasteiger charge is -2.07. The quantitative estimate of drug-likeness (QED) is 0.907. The molecule has 0 radical (unpaired) electrons. The van der Waals surface area contributed by atoms with Crippen LogP contribution in [0.4, 0.5) is 10.1 Å². The molecule has 0 aliphatic carbocycles. The molecule has 18 heavy (non-hydrogen) atoms. The van der Waals surface area contributed by atoms with Crippen molar-refractivity contribution in [1.82, 2.24) is 0 Å². The monoisotopic (exact) mass is 260 g/mol. The summed E-state index contributed by atoms with van der Waals surface area (Å²) in [5, 5.41) is 12.4. The summed E-state index contributed by atoms with van der Waals surface area (Å²) in [6.45, 7) is 0.572. The predicted molar refractivity (Wildman–Crippen MR) is 69.9 cm³/mol. The van der Waals surface area contributed by atoms with Crippen LogP contribution in [0.1, 0.15) is 11.1 Å². The zero-order chi connectivity index (χ0) is 13.0. The summed E-state index contributed by atoms with van der Waals surface area (Å²) in [5.41, 5.74) is 1.73. The fourth-order valence-electron chi connectivity index (χ4n) is 1.52. The average Bonchev–Trinajstić information content (AvgIpc) is 2.38. The van der Waals surface area contributed by atoms with E-state index in [1.807, 2.05) is 12.1 Å². The van der Waals surface area contributed by atoms with Gasteiger partial charge < -0.3 is 5.32 Å². The molecule has 2 aromatic carbocycles. The first kappa shape index (κ1) is 12.4. The normalized spacial score (nSPS) is 9.83. The van der Waals surface area contributed by atoms with Gasteiger partial charge in [-0.1, -0.05) is 23.7 Å². The van der Waals surface area contributed by atoms with Crippen molar-refractivity contribution in [3.8, 4) is 6.07 Å². The lowest BCUT2D eigenvalue weighted by atomic mass is 10.2. The molecule has 0 spiro atoms. The smallest absolute Gasteiger partial charge is 0.143 e. The highest BCUT2D eigenvalue weighted by molar-refractivity contribution is 6.30. The standard InChI is InChI=1S/C14H10ClFN2/c15-12-4-1-10(2-5-12)9-18-13-6-3-11(8-17)14(16)7-13/h1-7,18H,9H2. The number of nitrogens with zero attached hydrogens (tertiary/aromatic N) is 1. The minimum atomic E-state index is -0.515. The Labute approximate surface area is 110 Å². The van der Waals surface area contributed by atoms with E-state index in [4.69, 9.17) is 16.9 Å². The lowest BCUT2D eigenvalue weighted by Crippen LogP contribution is -2.00.